The molecule has 0 amide bonds. The molecular weight excluding hydrogens is 234 g/mol. The molecule has 0 aromatic heterocycles. The number of benzene rings is 1. The second-order valence-electron chi connectivity index (χ2n) is 4.17. The molecule has 0 radical (unpaired) electrons. The van der Waals surface area contributed by atoms with Crippen molar-refractivity contribution in [2.45, 2.75) is 13.0 Å². The average Bonchev–Trinajstić information content (AvgIpc) is 2.34. The minimum Gasteiger partial charge on any atom is -0.401 e. The molecule has 1 aromatic carbocycles. The van der Waals surface area contributed by atoms with Crippen LogP contribution in [-0.4, -0.2) is 18.0 Å². The van der Waals surface area contributed by atoms with Crippen molar-refractivity contribution in [1.82, 2.24) is 4.90 Å². The van der Waals surface area contributed by atoms with Gasteiger partial charge in [-0.1, -0.05) is 29.8 Å². The third-order valence-corrected chi connectivity index (χ3v) is 3.32. The van der Waals surface area contributed by atoms with Crippen LogP contribution in [0.5, 0.6) is 0 Å². The Morgan fingerprint density at radius 1 is 1.41 bits per heavy atom. The molecular formula is C13H14ClN3. The smallest absolute Gasteiger partial charge is 0.0979 e. The van der Waals surface area contributed by atoms with Crippen LogP contribution in [0.2, 0.25) is 5.02 Å². The molecule has 0 fully saturated rings. The van der Waals surface area contributed by atoms with Gasteiger partial charge < -0.3 is 5.73 Å². The van der Waals surface area contributed by atoms with Crippen LogP contribution in [0.4, 0.5) is 0 Å². The van der Waals surface area contributed by atoms with Crippen LogP contribution < -0.4 is 5.73 Å². The maximum absolute atomic E-state index is 8.96. The predicted molar refractivity (Wildman–Crippen MR) is 68.2 cm³/mol. The average molecular weight is 248 g/mol. The van der Waals surface area contributed by atoms with Crippen LogP contribution in [0.1, 0.15) is 12.0 Å². The van der Waals surface area contributed by atoms with Crippen LogP contribution in [0.25, 0.3) is 0 Å². The van der Waals surface area contributed by atoms with E-state index in [9.17, 15) is 0 Å². The van der Waals surface area contributed by atoms with E-state index in [1.54, 1.807) is 0 Å². The topological polar surface area (TPSA) is 53.1 Å². The van der Waals surface area contributed by atoms with Gasteiger partial charge in [0.2, 0.25) is 0 Å². The Morgan fingerprint density at radius 3 is 2.88 bits per heavy atom. The molecule has 0 saturated carbocycles. The van der Waals surface area contributed by atoms with Crippen molar-refractivity contribution in [2.24, 2.45) is 5.73 Å². The van der Waals surface area contributed by atoms with E-state index < -0.39 is 0 Å². The number of hydrogen-bond donors (Lipinski definition) is 1. The molecule has 4 heteroatoms. The van der Waals surface area contributed by atoms with Gasteiger partial charge in [-0.3, -0.25) is 4.90 Å². The Hall–Kier alpha value is -1.50. The first-order valence-corrected chi connectivity index (χ1v) is 5.92. The van der Waals surface area contributed by atoms with Gasteiger partial charge in [0, 0.05) is 36.8 Å². The fourth-order valence-electron chi connectivity index (χ4n) is 1.94. The molecule has 1 aromatic rings. The molecule has 17 heavy (non-hydrogen) atoms. The summed E-state index contributed by atoms with van der Waals surface area (Å²) < 4.78 is 0. The largest absolute Gasteiger partial charge is 0.401 e. The van der Waals surface area contributed by atoms with Crippen LogP contribution in [0, 0.1) is 11.3 Å². The van der Waals surface area contributed by atoms with E-state index in [1.165, 1.54) is 0 Å². The zero-order valence-electron chi connectivity index (χ0n) is 9.49. The summed E-state index contributed by atoms with van der Waals surface area (Å²) in [7, 11) is 0. The molecule has 1 aliphatic heterocycles. The second kappa shape index (κ2) is 5.22. The van der Waals surface area contributed by atoms with Gasteiger partial charge in [-0.25, -0.2) is 0 Å². The van der Waals surface area contributed by atoms with E-state index >= 15 is 0 Å². The first-order valence-electron chi connectivity index (χ1n) is 5.54. The third-order valence-electron chi connectivity index (χ3n) is 2.95. The van der Waals surface area contributed by atoms with E-state index in [0.717, 1.165) is 35.8 Å². The van der Waals surface area contributed by atoms with Crippen molar-refractivity contribution in [3.8, 4) is 6.07 Å². The highest BCUT2D eigenvalue weighted by Crippen LogP contribution is 2.20. The van der Waals surface area contributed by atoms with Crippen LogP contribution in [0.3, 0.4) is 0 Å². The van der Waals surface area contributed by atoms with E-state index in [1.807, 2.05) is 24.3 Å². The van der Waals surface area contributed by atoms with Crippen LogP contribution >= 0.6 is 11.6 Å². The molecule has 1 aliphatic rings. The number of nitriles is 1. The monoisotopic (exact) mass is 247 g/mol. The minimum absolute atomic E-state index is 0.619. The van der Waals surface area contributed by atoms with Gasteiger partial charge in [0.15, 0.2) is 0 Å². The molecule has 0 aliphatic carbocycles. The van der Waals surface area contributed by atoms with Gasteiger partial charge in [0.05, 0.1) is 11.6 Å². The van der Waals surface area contributed by atoms with Crippen molar-refractivity contribution >= 4 is 11.6 Å². The van der Waals surface area contributed by atoms with Crippen LogP contribution in [0.15, 0.2) is 35.5 Å². The standard InChI is InChI=1S/C13H14ClN3/c14-12-4-2-1-3-10(12)8-17-6-5-13(16)11(7-15)9-17/h1-4H,5-6,8-9,16H2. The minimum atomic E-state index is 0.619. The van der Waals surface area contributed by atoms with Gasteiger partial charge in [-0.2, -0.15) is 5.26 Å². The highest BCUT2D eigenvalue weighted by molar-refractivity contribution is 6.31. The van der Waals surface area contributed by atoms with Crippen molar-refractivity contribution in [3.63, 3.8) is 0 Å². The quantitative estimate of drug-likeness (QED) is 0.872. The van der Waals surface area contributed by atoms with E-state index in [-0.39, 0.29) is 0 Å². The Bertz CT molecular complexity index is 488. The number of nitrogens with zero attached hydrogens (tertiary/aromatic N) is 2. The highest BCUT2D eigenvalue weighted by atomic mass is 35.5. The third kappa shape index (κ3) is 2.79. The van der Waals surface area contributed by atoms with E-state index in [4.69, 9.17) is 22.6 Å². The molecule has 3 nitrogen and oxygen atoms in total. The number of halogens is 1. The van der Waals surface area contributed by atoms with E-state index in [0.29, 0.717) is 12.1 Å². The summed E-state index contributed by atoms with van der Waals surface area (Å²) in [5.74, 6) is 0. The summed E-state index contributed by atoms with van der Waals surface area (Å²) in [6.07, 6.45) is 0.757. The van der Waals surface area contributed by atoms with Crippen LogP contribution in [-0.2, 0) is 6.54 Å². The van der Waals surface area contributed by atoms with E-state index in [2.05, 4.69) is 11.0 Å². The van der Waals surface area contributed by atoms with Gasteiger partial charge in [-0.15, -0.1) is 0 Å². The predicted octanol–water partition coefficient (Wildman–Crippen LogP) is 2.28. The molecule has 0 unspecified atom stereocenters. The van der Waals surface area contributed by atoms with Gasteiger partial charge in [0.1, 0.15) is 0 Å². The molecule has 0 bridgehead atoms. The number of rotatable bonds is 2. The normalized spacial score (nSPS) is 16.9. The summed E-state index contributed by atoms with van der Waals surface area (Å²) >= 11 is 6.11. The van der Waals surface area contributed by atoms with Gasteiger partial charge >= 0.3 is 0 Å². The first-order chi connectivity index (χ1) is 8.20. The van der Waals surface area contributed by atoms with Crippen molar-refractivity contribution < 1.29 is 0 Å². The summed E-state index contributed by atoms with van der Waals surface area (Å²) in [6.45, 7) is 2.26. The lowest BCUT2D eigenvalue weighted by Crippen LogP contribution is -2.32. The molecule has 0 spiro atoms. The Morgan fingerprint density at radius 2 is 2.18 bits per heavy atom. The lowest BCUT2D eigenvalue weighted by atomic mass is 10.1. The van der Waals surface area contributed by atoms with Gasteiger partial charge in [-0.05, 0) is 11.6 Å². The Balaban J connectivity index is 2.08. The molecule has 0 atom stereocenters. The van der Waals surface area contributed by atoms with Gasteiger partial charge in [0.25, 0.3) is 0 Å². The lowest BCUT2D eigenvalue weighted by molar-refractivity contribution is 0.280. The fraction of sp³-hybridized carbons (Fsp3) is 0.308. The lowest BCUT2D eigenvalue weighted by Gasteiger charge is -2.27. The summed E-state index contributed by atoms with van der Waals surface area (Å²) in [6, 6.07) is 9.95. The molecule has 2 rings (SSSR count). The van der Waals surface area contributed by atoms with Crippen molar-refractivity contribution in [3.05, 3.63) is 46.1 Å². The zero-order valence-corrected chi connectivity index (χ0v) is 10.2. The summed E-state index contributed by atoms with van der Waals surface area (Å²) in [5, 5.41) is 9.73. The summed E-state index contributed by atoms with van der Waals surface area (Å²) in [5.41, 5.74) is 8.28. The second-order valence-corrected chi connectivity index (χ2v) is 4.57. The fourth-order valence-corrected chi connectivity index (χ4v) is 2.14. The van der Waals surface area contributed by atoms with Crippen molar-refractivity contribution in [1.29, 1.82) is 5.26 Å². The Labute approximate surface area is 106 Å². The maximum Gasteiger partial charge on any atom is 0.0979 e. The molecule has 1 heterocycles. The highest BCUT2D eigenvalue weighted by Gasteiger charge is 2.17. The SMILES string of the molecule is N#CC1=C(N)CCN(Cc2ccccc2Cl)C1. The molecule has 88 valence electrons. The molecule has 2 N–H and O–H groups in total. The zero-order chi connectivity index (χ0) is 12.3. The first kappa shape index (κ1) is 12.0. The Kier molecular flexibility index (Phi) is 3.68. The number of hydrogen-bond acceptors (Lipinski definition) is 3. The van der Waals surface area contributed by atoms with Crippen molar-refractivity contribution in [2.75, 3.05) is 13.1 Å². The number of nitrogens with two attached hydrogens (primary N) is 1. The molecule has 0 saturated heterocycles. The summed E-state index contributed by atoms with van der Waals surface area (Å²) in [4.78, 5) is 2.19. The maximum atomic E-state index is 8.96.